The van der Waals surface area contributed by atoms with Crippen LogP contribution in [0.3, 0.4) is 0 Å². The van der Waals surface area contributed by atoms with Crippen molar-refractivity contribution in [3.63, 3.8) is 0 Å². The van der Waals surface area contributed by atoms with Crippen LogP contribution in [0.25, 0.3) is 6.08 Å². The van der Waals surface area contributed by atoms with Gasteiger partial charge in [-0.2, -0.15) is 0 Å². The smallest absolute Gasteiger partial charge is 0.127 e. The normalized spacial score (nSPS) is 12.1. The van der Waals surface area contributed by atoms with E-state index in [9.17, 15) is 0 Å². The van der Waals surface area contributed by atoms with Crippen molar-refractivity contribution in [3.8, 4) is 0 Å². The molecule has 1 aromatic heterocycles. The summed E-state index contributed by atoms with van der Waals surface area (Å²) < 4.78 is 5.33. The second-order valence-corrected chi connectivity index (χ2v) is 2.76. The van der Waals surface area contributed by atoms with Crippen LogP contribution in [0.4, 0.5) is 0 Å². The number of furan rings is 1. The molecular weight excluding hydrogens is 152 g/mol. The Labute approximate surface area is 72.5 Å². The second-order valence-electron chi connectivity index (χ2n) is 2.76. The first-order valence-corrected chi connectivity index (χ1v) is 4.13. The van der Waals surface area contributed by atoms with Crippen LogP contribution in [0.15, 0.2) is 22.1 Å². The minimum Gasteiger partial charge on any atom is -0.462 e. The zero-order chi connectivity index (χ0) is 8.97. The summed E-state index contributed by atoms with van der Waals surface area (Å²) in [7, 11) is 0. The van der Waals surface area contributed by atoms with Crippen LogP contribution in [-0.4, -0.2) is 11.7 Å². The van der Waals surface area contributed by atoms with Crippen LogP contribution < -0.4 is 0 Å². The molecular formula is C10H14O2. The van der Waals surface area contributed by atoms with E-state index in [1.807, 2.05) is 32.1 Å². The molecule has 1 heterocycles. The first-order valence-electron chi connectivity index (χ1n) is 4.13. The Balaban J connectivity index is 2.78. The van der Waals surface area contributed by atoms with Gasteiger partial charge in [0.15, 0.2) is 0 Å². The molecule has 2 nitrogen and oxygen atoms in total. The van der Waals surface area contributed by atoms with E-state index in [-0.39, 0.29) is 6.61 Å². The zero-order valence-corrected chi connectivity index (χ0v) is 7.50. The Kier molecular flexibility index (Phi) is 3.11. The van der Waals surface area contributed by atoms with Crippen molar-refractivity contribution in [1.29, 1.82) is 0 Å². The SMILES string of the molecule is CCC(=Cc1ccc(C)o1)CO. The molecule has 1 rings (SSSR count). The maximum atomic E-state index is 8.88. The highest BCUT2D eigenvalue weighted by Crippen LogP contribution is 2.12. The molecule has 1 N–H and O–H groups in total. The molecule has 0 aliphatic rings. The highest BCUT2D eigenvalue weighted by molar-refractivity contribution is 5.47. The van der Waals surface area contributed by atoms with Crippen molar-refractivity contribution in [3.05, 3.63) is 29.2 Å². The lowest BCUT2D eigenvalue weighted by atomic mass is 10.2. The molecule has 0 fully saturated rings. The van der Waals surface area contributed by atoms with Crippen LogP contribution in [-0.2, 0) is 0 Å². The number of aliphatic hydroxyl groups is 1. The summed E-state index contributed by atoms with van der Waals surface area (Å²) in [5.41, 5.74) is 0.990. The number of hydrogen-bond acceptors (Lipinski definition) is 2. The largest absolute Gasteiger partial charge is 0.462 e. The number of hydrogen-bond donors (Lipinski definition) is 1. The standard InChI is InChI=1S/C10H14O2/c1-3-9(7-11)6-10-5-4-8(2)12-10/h4-6,11H,3,7H2,1-2H3. The lowest BCUT2D eigenvalue weighted by Crippen LogP contribution is -1.86. The fourth-order valence-electron chi connectivity index (χ4n) is 0.992. The number of rotatable bonds is 3. The third-order valence-electron chi connectivity index (χ3n) is 1.76. The van der Waals surface area contributed by atoms with E-state index in [0.717, 1.165) is 23.5 Å². The summed E-state index contributed by atoms with van der Waals surface area (Å²) in [6.45, 7) is 4.02. The third kappa shape index (κ3) is 2.24. The lowest BCUT2D eigenvalue weighted by Gasteiger charge is -1.96. The maximum absolute atomic E-state index is 8.88. The summed E-state index contributed by atoms with van der Waals surface area (Å²) in [4.78, 5) is 0. The predicted molar refractivity (Wildman–Crippen MR) is 48.8 cm³/mol. The quantitative estimate of drug-likeness (QED) is 0.747. The Bertz CT molecular complexity index is 265. The molecule has 0 saturated heterocycles. The van der Waals surface area contributed by atoms with Gasteiger partial charge in [-0.25, -0.2) is 0 Å². The topological polar surface area (TPSA) is 33.4 Å². The van der Waals surface area contributed by atoms with Gasteiger partial charge in [-0.05, 0) is 37.1 Å². The Morgan fingerprint density at radius 1 is 1.58 bits per heavy atom. The zero-order valence-electron chi connectivity index (χ0n) is 7.50. The molecule has 0 spiro atoms. The molecule has 0 aromatic carbocycles. The van der Waals surface area contributed by atoms with E-state index in [2.05, 4.69) is 0 Å². The molecule has 0 aliphatic carbocycles. The molecule has 1 aromatic rings. The van der Waals surface area contributed by atoms with E-state index >= 15 is 0 Å². The summed E-state index contributed by atoms with van der Waals surface area (Å²) in [6.07, 6.45) is 2.74. The van der Waals surface area contributed by atoms with Gasteiger partial charge in [-0.3, -0.25) is 0 Å². The van der Waals surface area contributed by atoms with Gasteiger partial charge in [0.25, 0.3) is 0 Å². The third-order valence-corrected chi connectivity index (χ3v) is 1.76. The number of aliphatic hydroxyl groups excluding tert-OH is 1. The monoisotopic (exact) mass is 166 g/mol. The molecule has 0 saturated carbocycles. The van der Waals surface area contributed by atoms with Crippen molar-refractivity contribution >= 4 is 6.08 Å². The summed E-state index contributed by atoms with van der Waals surface area (Å²) in [6, 6.07) is 3.82. The van der Waals surface area contributed by atoms with Crippen LogP contribution >= 0.6 is 0 Å². The molecule has 0 atom stereocenters. The molecule has 0 amide bonds. The van der Waals surface area contributed by atoms with Crippen LogP contribution in [0.2, 0.25) is 0 Å². The Morgan fingerprint density at radius 3 is 2.75 bits per heavy atom. The van der Waals surface area contributed by atoms with Crippen LogP contribution in [0, 0.1) is 6.92 Å². The second kappa shape index (κ2) is 4.12. The van der Waals surface area contributed by atoms with Gasteiger partial charge in [-0.1, -0.05) is 6.92 Å². The summed E-state index contributed by atoms with van der Waals surface area (Å²) >= 11 is 0. The van der Waals surface area contributed by atoms with Gasteiger partial charge >= 0.3 is 0 Å². The van der Waals surface area contributed by atoms with E-state index in [1.54, 1.807) is 0 Å². The predicted octanol–water partition coefficient (Wildman–Crippen LogP) is 2.37. The average Bonchev–Trinajstić information content (AvgIpc) is 2.47. The van der Waals surface area contributed by atoms with E-state index in [4.69, 9.17) is 9.52 Å². The molecule has 0 bridgehead atoms. The van der Waals surface area contributed by atoms with Crippen LogP contribution in [0.5, 0.6) is 0 Å². The summed E-state index contributed by atoms with van der Waals surface area (Å²) in [5.74, 6) is 1.72. The van der Waals surface area contributed by atoms with Crippen molar-refractivity contribution in [2.24, 2.45) is 0 Å². The summed E-state index contributed by atoms with van der Waals surface area (Å²) in [5, 5.41) is 8.88. The van der Waals surface area contributed by atoms with E-state index in [1.165, 1.54) is 0 Å². The Morgan fingerprint density at radius 2 is 2.33 bits per heavy atom. The fraction of sp³-hybridized carbons (Fsp3) is 0.400. The van der Waals surface area contributed by atoms with E-state index < -0.39 is 0 Å². The van der Waals surface area contributed by atoms with Gasteiger partial charge in [0.2, 0.25) is 0 Å². The molecule has 2 heteroatoms. The average molecular weight is 166 g/mol. The fourth-order valence-corrected chi connectivity index (χ4v) is 0.992. The first-order chi connectivity index (χ1) is 5.76. The first kappa shape index (κ1) is 9.07. The molecule has 12 heavy (non-hydrogen) atoms. The van der Waals surface area contributed by atoms with Gasteiger partial charge < -0.3 is 9.52 Å². The van der Waals surface area contributed by atoms with Crippen LogP contribution in [0.1, 0.15) is 24.9 Å². The van der Waals surface area contributed by atoms with Gasteiger partial charge in [-0.15, -0.1) is 0 Å². The van der Waals surface area contributed by atoms with Gasteiger partial charge in [0.05, 0.1) is 6.61 Å². The molecule has 66 valence electrons. The van der Waals surface area contributed by atoms with Crippen molar-refractivity contribution < 1.29 is 9.52 Å². The van der Waals surface area contributed by atoms with E-state index in [0.29, 0.717) is 0 Å². The highest BCUT2D eigenvalue weighted by Gasteiger charge is 1.96. The molecule has 0 unspecified atom stereocenters. The maximum Gasteiger partial charge on any atom is 0.127 e. The van der Waals surface area contributed by atoms with Gasteiger partial charge in [0, 0.05) is 0 Å². The number of aryl methyl sites for hydroxylation is 1. The molecule has 0 aliphatic heterocycles. The van der Waals surface area contributed by atoms with Crippen molar-refractivity contribution in [2.45, 2.75) is 20.3 Å². The van der Waals surface area contributed by atoms with Crippen molar-refractivity contribution in [2.75, 3.05) is 6.61 Å². The van der Waals surface area contributed by atoms with Crippen molar-refractivity contribution in [1.82, 2.24) is 0 Å². The lowest BCUT2D eigenvalue weighted by molar-refractivity contribution is 0.328. The molecule has 0 radical (unpaired) electrons. The Hall–Kier alpha value is -1.02. The highest BCUT2D eigenvalue weighted by atomic mass is 16.3. The minimum atomic E-state index is 0.107. The minimum absolute atomic E-state index is 0.107. The van der Waals surface area contributed by atoms with Gasteiger partial charge in [0.1, 0.15) is 11.5 Å².